The number of hydrogen-bond donors (Lipinski definition) is 0. The Balaban J connectivity index is 2.04. The standard InChI is InChI=1S/C18H14N4O3/c1-24-12-7-5-11(6-8-12)15-10-14(18(23)25-2)20-17-13-4-3-9-19-16(13)21-22(15)17/h3-10H,1-2H3. The molecule has 7 nitrogen and oxygen atoms in total. The van der Waals surface area contributed by atoms with Crippen LogP contribution >= 0.6 is 0 Å². The Labute approximate surface area is 142 Å². The molecule has 1 aromatic carbocycles. The molecule has 0 radical (unpaired) electrons. The summed E-state index contributed by atoms with van der Waals surface area (Å²) in [5.41, 5.74) is 2.91. The highest BCUT2D eigenvalue weighted by Crippen LogP contribution is 2.26. The number of ether oxygens (including phenoxy) is 2. The van der Waals surface area contributed by atoms with Gasteiger partial charge in [0.1, 0.15) is 5.75 Å². The number of carbonyl (C=O) groups is 1. The number of hydrogen-bond acceptors (Lipinski definition) is 6. The lowest BCUT2D eigenvalue weighted by Gasteiger charge is -2.08. The quantitative estimate of drug-likeness (QED) is 0.536. The number of carbonyl (C=O) groups excluding carboxylic acids is 1. The third kappa shape index (κ3) is 2.46. The van der Waals surface area contributed by atoms with Gasteiger partial charge in [0.2, 0.25) is 0 Å². The van der Waals surface area contributed by atoms with Crippen molar-refractivity contribution in [1.29, 1.82) is 0 Å². The van der Waals surface area contributed by atoms with Crippen molar-refractivity contribution in [3.63, 3.8) is 0 Å². The molecule has 4 rings (SSSR count). The van der Waals surface area contributed by atoms with Crippen LogP contribution < -0.4 is 4.74 Å². The van der Waals surface area contributed by atoms with Crippen molar-refractivity contribution in [2.24, 2.45) is 0 Å². The van der Waals surface area contributed by atoms with Crippen LogP contribution in [0.25, 0.3) is 27.9 Å². The molecule has 0 aliphatic carbocycles. The molecule has 124 valence electrons. The summed E-state index contributed by atoms with van der Waals surface area (Å²) in [6.07, 6.45) is 1.67. The SMILES string of the molecule is COC(=O)c1cc(-c2ccc(OC)cc2)n2nc3ncccc3c2n1. The Morgan fingerprint density at radius 2 is 1.92 bits per heavy atom. The van der Waals surface area contributed by atoms with Crippen molar-refractivity contribution in [3.8, 4) is 17.0 Å². The zero-order valence-corrected chi connectivity index (χ0v) is 13.6. The molecule has 0 fully saturated rings. The zero-order chi connectivity index (χ0) is 17.4. The van der Waals surface area contributed by atoms with Crippen LogP contribution in [0.3, 0.4) is 0 Å². The number of esters is 1. The van der Waals surface area contributed by atoms with Gasteiger partial charge in [-0.15, -0.1) is 5.10 Å². The number of nitrogens with zero attached hydrogens (tertiary/aromatic N) is 4. The maximum Gasteiger partial charge on any atom is 0.356 e. The molecule has 3 aromatic heterocycles. The van der Waals surface area contributed by atoms with Crippen molar-refractivity contribution in [1.82, 2.24) is 19.6 Å². The van der Waals surface area contributed by atoms with Crippen LogP contribution in [0.15, 0.2) is 48.7 Å². The van der Waals surface area contributed by atoms with E-state index in [0.717, 1.165) is 16.7 Å². The fourth-order valence-electron chi connectivity index (χ4n) is 2.70. The van der Waals surface area contributed by atoms with E-state index in [4.69, 9.17) is 9.47 Å². The number of rotatable bonds is 3. The lowest BCUT2D eigenvalue weighted by Crippen LogP contribution is -2.07. The molecule has 7 heteroatoms. The summed E-state index contributed by atoms with van der Waals surface area (Å²) in [6.45, 7) is 0. The Morgan fingerprint density at radius 1 is 1.12 bits per heavy atom. The van der Waals surface area contributed by atoms with Gasteiger partial charge in [-0.3, -0.25) is 0 Å². The van der Waals surface area contributed by atoms with Gasteiger partial charge >= 0.3 is 5.97 Å². The van der Waals surface area contributed by atoms with Crippen molar-refractivity contribution in [3.05, 3.63) is 54.4 Å². The minimum Gasteiger partial charge on any atom is -0.497 e. The summed E-state index contributed by atoms with van der Waals surface area (Å²) in [5.74, 6) is 0.241. The predicted octanol–water partition coefficient (Wildman–Crippen LogP) is 2.74. The van der Waals surface area contributed by atoms with Gasteiger partial charge in [0, 0.05) is 11.8 Å². The molecule has 0 amide bonds. The fourth-order valence-corrected chi connectivity index (χ4v) is 2.70. The first kappa shape index (κ1) is 15.1. The number of methoxy groups -OCH3 is 2. The molecular formula is C18H14N4O3. The molecule has 0 saturated heterocycles. The molecule has 0 N–H and O–H groups in total. The Hall–Kier alpha value is -3.48. The van der Waals surface area contributed by atoms with Crippen LogP contribution in [-0.2, 0) is 4.74 Å². The second kappa shape index (κ2) is 5.86. The van der Waals surface area contributed by atoms with Crippen LogP contribution in [-0.4, -0.2) is 39.8 Å². The van der Waals surface area contributed by atoms with E-state index in [0.29, 0.717) is 17.0 Å². The monoisotopic (exact) mass is 334 g/mol. The lowest BCUT2D eigenvalue weighted by atomic mass is 10.1. The van der Waals surface area contributed by atoms with Gasteiger partial charge in [-0.1, -0.05) is 0 Å². The zero-order valence-electron chi connectivity index (χ0n) is 13.6. The van der Waals surface area contributed by atoms with E-state index in [1.165, 1.54) is 7.11 Å². The van der Waals surface area contributed by atoms with E-state index >= 15 is 0 Å². The Kier molecular flexibility index (Phi) is 3.53. The summed E-state index contributed by atoms with van der Waals surface area (Å²) in [5, 5.41) is 5.29. The molecule has 0 bridgehead atoms. The van der Waals surface area contributed by atoms with Gasteiger partial charge in [0.25, 0.3) is 0 Å². The number of aromatic nitrogens is 4. The van der Waals surface area contributed by atoms with Gasteiger partial charge in [0.15, 0.2) is 17.0 Å². The molecule has 3 heterocycles. The second-order valence-corrected chi connectivity index (χ2v) is 5.36. The highest BCUT2D eigenvalue weighted by molar-refractivity contribution is 5.94. The van der Waals surface area contributed by atoms with Crippen LogP contribution in [0.1, 0.15) is 10.5 Å². The highest BCUT2D eigenvalue weighted by atomic mass is 16.5. The van der Waals surface area contributed by atoms with Crippen LogP contribution in [0.4, 0.5) is 0 Å². The lowest BCUT2D eigenvalue weighted by molar-refractivity contribution is 0.0594. The van der Waals surface area contributed by atoms with Crippen molar-refractivity contribution < 1.29 is 14.3 Å². The van der Waals surface area contributed by atoms with Crippen LogP contribution in [0.5, 0.6) is 5.75 Å². The normalized spacial score (nSPS) is 11.0. The first-order valence-corrected chi connectivity index (χ1v) is 7.58. The minimum atomic E-state index is -0.504. The van der Waals surface area contributed by atoms with E-state index < -0.39 is 5.97 Å². The second-order valence-electron chi connectivity index (χ2n) is 5.36. The molecule has 0 aliphatic rings. The first-order chi connectivity index (χ1) is 12.2. The molecule has 4 aromatic rings. The van der Waals surface area contributed by atoms with E-state index in [-0.39, 0.29) is 5.69 Å². The Bertz CT molecular complexity index is 1090. The van der Waals surface area contributed by atoms with Crippen LogP contribution in [0.2, 0.25) is 0 Å². The fraction of sp³-hybridized carbons (Fsp3) is 0.111. The van der Waals surface area contributed by atoms with Gasteiger partial charge in [-0.2, -0.15) is 0 Å². The van der Waals surface area contributed by atoms with E-state index in [1.807, 2.05) is 36.4 Å². The largest absolute Gasteiger partial charge is 0.497 e. The Morgan fingerprint density at radius 3 is 2.64 bits per heavy atom. The van der Waals surface area contributed by atoms with Crippen LogP contribution in [0, 0.1) is 0 Å². The summed E-state index contributed by atoms with van der Waals surface area (Å²) < 4.78 is 11.7. The third-order valence-electron chi connectivity index (χ3n) is 3.93. The minimum absolute atomic E-state index is 0.214. The van der Waals surface area contributed by atoms with Crippen molar-refractivity contribution in [2.45, 2.75) is 0 Å². The predicted molar refractivity (Wildman–Crippen MR) is 91.6 cm³/mol. The van der Waals surface area contributed by atoms with Gasteiger partial charge < -0.3 is 9.47 Å². The van der Waals surface area contributed by atoms with Gasteiger partial charge in [-0.05, 0) is 42.5 Å². The van der Waals surface area contributed by atoms with Gasteiger partial charge in [-0.25, -0.2) is 19.3 Å². The maximum absolute atomic E-state index is 12.0. The number of fused-ring (bicyclic) bond motifs is 3. The molecule has 0 spiro atoms. The molecule has 0 unspecified atom stereocenters. The summed E-state index contributed by atoms with van der Waals surface area (Å²) in [4.78, 5) is 20.7. The number of pyridine rings is 1. The van der Waals surface area contributed by atoms with Gasteiger partial charge in [0.05, 0.1) is 25.3 Å². The summed E-state index contributed by atoms with van der Waals surface area (Å²) in [7, 11) is 2.94. The molecule has 0 atom stereocenters. The topological polar surface area (TPSA) is 78.6 Å². The average Bonchev–Trinajstić information content (AvgIpc) is 3.05. The molecular weight excluding hydrogens is 320 g/mol. The first-order valence-electron chi connectivity index (χ1n) is 7.58. The van der Waals surface area contributed by atoms with E-state index in [1.54, 1.807) is 23.9 Å². The van der Waals surface area contributed by atoms with Crippen molar-refractivity contribution in [2.75, 3.05) is 14.2 Å². The van der Waals surface area contributed by atoms with Crippen molar-refractivity contribution >= 4 is 22.6 Å². The summed E-state index contributed by atoms with van der Waals surface area (Å²) >= 11 is 0. The summed E-state index contributed by atoms with van der Waals surface area (Å²) in [6, 6.07) is 12.8. The smallest absolute Gasteiger partial charge is 0.356 e. The maximum atomic E-state index is 12.0. The molecule has 25 heavy (non-hydrogen) atoms. The van der Waals surface area contributed by atoms with E-state index in [2.05, 4.69) is 15.1 Å². The average molecular weight is 334 g/mol. The highest BCUT2D eigenvalue weighted by Gasteiger charge is 2.17. The number of benzene rings is 1. The molecule has 0 saturated carbocycles. The molecule has 0 aliphatic heterocycles. The van der Waals surface area contributed by atoms with E-state index in [9.17, 15) is 4.79 Å². The third-order valence-corrected chi connectivity index (χ3v) is 3.93.